The molecule has 1 heterocycles. The van der Waals surface area contributed by atoms with Gasteiger partial charge in [0.15, 0.2) is 5.16 Å². The molecule has 124 valence electrons. The van der Waals surface area contributed by atoms with Crippen LogP contribution >= 0.6 is 11.8 Å². The molecule has 1 atom stereocenters. The molecule has 4 nitrogen and oxygen atoms in total. The Bertz CT molecular complexity index is 844. The van der Waals surface area contributed by atoms with E-state index in [-0.39, 0.29) is 11.2 Å². The first-order valence-corrected chi connectivity index (χ1v) is 8.94. The monoisotopic (exact) mass is 339 g/mol. The first-order chi connectivity index (χ1) is 11.6. The van der Waals surface area contributed by atoms with Crippen molar-refractivity contribution in [3.63, 3.8) is 0 Å². The summed E-state index contributed by atoms with van der Waals surface area (Å²) in [5, 5.41) is 0.679. The van der Waals surface area contributed by atoms with Crippen molar-refractivity contribution >= 4 is 34.4 Å². The zero-order valence-electron chi connectivity index (χ0n) is 14.1. The average molecular weight is 339 g/mol. The van der Waals surface area contributed by atoms with Crippen molar-refractivity contribution in [3.8, 4) is 0 Å². The summed E-state index contributed by atoms with van der Waals surface area (Å²) in [6.45, 7) is 4.87. The third-order valence-electron chi connectivity index (χ3n) is 4.04. The first kappa shape index (κ1) is 16.6. The van der Waals surface area contributed by atoms with Crippen LogP contribution in [0.5, 0.6) is 0 Å². The highest BCUT2D eigenvalue weighted by Gasteiger charge is 2.22. The molecule has 2 aromatic carbocycles. The number of carbonyl (C=O) groups is 1. The van der Waals surface area contributed by atoms with E-state index < -0.39 is 0 Å². The van der Waals surface area contributed by atoms with Gasteiger partial charge in [-0.3, -0.25) is 4.79 Å². The van der Waals surface area contributed by atoms with Gasteiger partial charge in [-0.25, -0.2) is 4.98 Å². The summed E-state index contributed by atoms with van der Waals surface area (Å²) in [4.78, 5) is 19.1. The minimum Gasteiger partial charge on any atom is -0.319 e. The standard InChI is InChI=1S/C19H21N3OS/c1-4-22-17-13-9-8-12-16(17)20-19(22)24-14(2)18(23)21(3)15-10-6-5-7-11-15/h5-14H,4H2,1-3H3. The van der Waals surface area contributed by atoms with E-state index in [2.05, 4.69) is 17.6 Å². The van der Waals surface area contributed by atoms with E-state index in [9.17, 15) is 4.79 Å². The molecule has 1 unspecified atom stereocenters. The number of benzene rings is 2. The van der Waals surface area contributed by atoms with E-state index >= 15 is 0 Å². The van der Waals surface area contributed by atoms with Crippen LogP contribution in [0.15, 0.2) is 59.8 Å². The summed E-state index contributed by atoms with van der Waals surface area (Å²) >= 11 is 1.51. The number of anilines is 1. The Balaban J connectivity index is 1.82. The van der Waals surface area contributed by atoms with E-state index in [1.54, 1.807) is 4.90 Å². The van der Waals surface area contributed by atoms with Crippen molar-refractivity contribution in [1.29, 1.82) is 0 Å². The topological polar surface area (TPSA) is 38.1 Å². The van der Waals surface area contributed by atoms with Crippen molar-refractivity contribution < 1.29 is 4.79 Å². The summed E-state index contributed by atoms with van der Waals surface area (Å²) in [5.41, 5.74) is 2.98. The summed E-state index contributed by atoms with van der Waals surface area (Å²) < 4.78 is 2.16. The van der Waals surface area contributed by atoms with Gasteiger partial charge in [0, 0.05) is 19.3 Å². The van der Waals surface area contributed by atoms with Gasteiger partial charge in [-0.05, 0) is 38.1 Å². The molecular weight excluding hydrogens is 318 g/mol. The summed E-state index contributed by atoms with van der Waals surface area (Å²) in [6.07, 6.45) is 0. The first-order valence-electron chi connectivity index (χ1n) is 8.06. The normalized spacial score (nSPS) is 12.3. The molecule has 0 aliphatic carbocycles. The molecule has 0 saturated carbocycles. The van der Waals surface area contributed by atoms with Crippen LogP contribution in [-0.4, -0.2) is 27.8 Å². The Labute approximate surface area is 146 Å². The maximum Gasteiger partial charge on any atom is 0.240 e. The van der Waals surface area contributed by atoms with Crippen molar-refractivity contribution in [2.45, 2.75) is 30.8 Å². The lowest BCUT2D eigenvalue weighted by molar-refractivity contribution is -0.117. The van der Waals surface area contributed by atoms with Gasteiger partial charge in [-0.2, -0.15) is 0 Å². The van der Waals surface area contributed by atoms with Gasteiger partial charge in [-0.1, -0.05) is 42.1 Å². The lowest BCUT2D eigenvalue weighted by Gasteiger charge is -2.21. The third kappa shape index (κ3) is 3.17. The quantitative estimate of drug-likeness (QED) is 0.654. The summed E-state index contributed by atoms with van der Waals surface area (Å²) in [7, 11) is 1.82. The SMILES string of the molecule is CCn1c(SC(C)C(=O)N(C)c2ccccc2)nc2ccccc21. The van der Waals surface area contributed by atoms with Crippen LogP contribution < -0.4 is 4.90 Å². The molecule has 5 heteroatoms. The number of carbonyl (C=O) groups excluding carboxylic acids is 1. The van der Waals surface area contributed by atoms with Crippen molar-refractivity contribution in [2.75, 3.05) is 11.9 Å². The number of hydrogen-bond acceptors (Lipinski definition) is 3. The van der Waals surface area contributed by atoms with E-state index in [1.165, 1.54) is 11.8 Å². The second-order valence-electron chi connectivity index (χ2n) is 5.62. The minimum atomic E-state index is -0.211. The molecule has 24 heavy (non-hydrogen) atoms. The molecule has 3 rings (SSSR count). The van der Waals surface area contributed by atoms with Gasteiger partial charge < -0.3 is 9.47 Å². The zero-order chi connectivity index (χ0) is 17.1. The van der Waals surface area contributed by atoms with E-state index in [0.29, 0.717) is 0 Å². The Morgan fingerprint density at radius 3 is 2.54 bits per heavy atom. The number of para-hydroxylation sites is 3. The molecule has 0 saturated heterocycles. The van der Waals surface area contributed by atoms with Gasteiger partial charge in [0.25, 0.3) is 0 Å². The van der Waals surface area contributed by atoms with Crippen LogP contribution in [0, 0.1) is 0 Å². The van der Waals surface area contributed by atoms with Gasteiger partial charge in [0.1, 0.15) is 0 Å². The highest BCUT2D eigenvalue weighted by Crippen LogP contribution is 2.28. The predicted molar refractivity (Wildman–Crippen MR) is 101 cm³/mol. The van der Waals surface area contributed by atoms with Gasteiger partial charge in [0.05, 0.1) is 16.3 Å². The Morgan fingerprint density at radius 2 is 1.83 bits per heavy atom. The van der Waals surface area contributed by atoms with E-state index in [1.807, 2.05) is 62.5 Å². The molecular formula is C19H21N3OS. The number of aryl methyl sites for hydroxylation is 1. The smallest absolute Gasteiger partial charge is 0.240 e. The second-order valence-corrected chi connectivity index (χ2v) is 6.93. The van der Waals surface area contributed by atoms with Crippen LogP contribution in [0.25, 0.3) is 11.0 Å². The molecule has 1 aromatic heterocycles. The molecule has 0 N–H and O–H groups in total. The number of rotatable bonds is 5. The molecule has 0 fully saturated rings. The summed E-state index contributed by atoms with van der Waals surface area (Å²) in [5.74, 6) is 0.0703. The fourth-order valence-corrected chi connectivity index (χ4v) is 3.79. The maximum absolute atomic E-state index is 12.7. The molecule has 0 spiro atoms. The highest BCUT2D eigenvalue weighted by atomic mass is 32.2. The summed E-state index contributed by atoms with van der Waals surface area (Å²) in [6, 6.07) is 17.8. The predicted octanol–water partition coefficient (Wildman–Crippen LogP) is 4.20. The van der Waals surface area contributed by atoms with Crippen molar-refractivity contribution in [1.82, 2.24) is 9.55 Å². The van der Waals surface area contributed by atoms with Crippen molar-refractivity contribution in [3.05, 3.63) is 54.6 Å². The Kier molecular flexibility index (Phi) is 4.90. The van der Waals surface area contributed by atoms with Gasteiger partial charge in [0.2, 0.25) is 5.91 Å². The average Bonchev–Trinajstić information content (AvgIpc) is 2.98. The largest absolute Gasteiger partial charge is 0.319 e. The minimum absolute atomic E-state index is 0.0703. The number of hydrogen-bond donors (Lipinski definition) is 0. The fourth-order valence-electron chi connectivity index (χ4n) is 2.71. The van der Waals surface area contributed by atoms with E-state index in [0.717, 1.165) is 28.4 Å². The van der Waals surface area contributed by atoms with Crippen LogP contribution in [-0.2, 0) is 11.3 Å². The number of fused-ring (bicyclic) bond motifs is 1. The third-order valence-corrected chi connectivity index (χ3v) is 5.12. The Hall–Kier alpha value is -2.27. The maximum atomic E-state index is 12.7. The zero-order valence-corrected chi connectivity index (χ0v) is 15.0. The number of aromatic nitrogens is 2. The molecule has 3 aromatic rings. The van der Waals surface area contributed by atoms with Gasteiger partial charge in [-0.15, -0.1) is 0 Å². The molecule has 1 amide bonds. The van der Waals surface area contributed by atoms with Gasteiger partial charge >= 0.3 is 0 Å². The molecule has 0 radical (unpaired) electrons. The van der Waals surface area contributed by atoms with Crippen molar-refractivity contribution in [2.24, 2.45) is 0 Å². The van der Waals surface area contributed by atoms with Crippen LogP contribution in [0.1, 0.15) is 13.8 Å². The van der Waals surface area contributed by atoms with Crippen LogP contribution in [0.2, 0.25) is 0 Å². The molecule has 0 bridgehead atoms. The fraction of sp³-hybridized carbons (Fsp3) is 0.263. The van der Waals surface area contributed by atoms with E-state index in [4.69, 9.17) is 4.98 Å². The molecule has 0 aliphatic rings. The highest BCUT2D eigenvalue weighted by molar-refractivity contribution is 8.00. The second kappa shape index (κ2) is 7.09. The lowest BCUT2D eigenvalue weighted by atomic mass is 10.3. The molecule has 0 aliphatic heterocycles. The van der Waals surface area contributed by atoms with Crippen LogP contribution in [0.4, 0.5) is 5.69 Å². The Morgan fingerprint density at radius 1 is 1.17 bits per heavy atom. The number of nitrogens with zero attached hydrogens (tertiary/aromatic N) is 3. The number of amides is 1. The number of thioether (sulfide) groups is 1. The lowest BCUT2D eigenvalue weighted by Crippen LogP contribution is -2.33. The van der Waals surface area contributed by atoms with Crippen LogP contribution in [0.3, 0.4) is 0 Å². The number of imidazole rings is 1.